The van der Waals surface area contributed by atoms with Crippen molar-refractivity contribution in [1.29, 1.82) is 0 Å². The first kappa shape index (κ1) is 12.7. The van der Waals surface area contributed by atoms with Gasteiger partial charge in [-0.3, -0.25) is 9.89 Å². The number of carbonyl (C=O) groups is 1. The van der Waals surface area contributed by atoms with Crippen LogP contribution in [0.4, 0.5) is 0 Å². The number of hydrogen-bond acceptors (Lipinski definition) is 6. The number of nitrogens with one attached hydrogen (secondary N) is 1. The number of carboxylic acid groups (broad SMARTS) is 1. The average Bonchev–Trinajstić information content (AvgIpc) is 3.10. The topological polar surface area (TPSA) is 119 Å². The van der Waals surface area contributed by atoms with Crippen LogP contribution in [0.3, 0.4) is 0 Å². The lowest BCUT2D eigenvalue weighted by Gasteiger charge is -2.32. The zero-order valence-corrected chi connectivity index (χ0v) is 10.7. The first-order chi connectivity index (χ1) is 9.71. The van der Waals surface area contributed by atoms with E-state index < -0.39 is 11.4 Å². The molecule has 3 heterocycles. The number of ether oxygens (including phenoxy) is 1. The van der Waals surface area contributed by atoms with Gasteiger partial charge in [0.25, 0.3) is 0 Å². The summed E-state index contributed by atoms with van der Waals surface area (Å²) in [5, 5.41) is 27.6. The summed E-state index contributed by atoms with van der Waals surface area (Å²) in [7, 11) is 0. The molecule has 0 aromatic carbocycles. The van der Waals surface area contributed by atoms with E-state index in [9.17, 15) is 9.90 Å². The Bertz CT molecular complexity index is 587. The minimum absolute atomic E-state index is 0.215. The highest BCUT2D eigenvalue weighted by Crippen LogP contribution is 2.33. The number of aliphatic carboxylic acids is 1. The number of H-pyrrole nitrogens is 1. The molecule has 9 nitrogen and oxygen atoms in total. The van der Waals surface area contributed by atoms with Crippen LogP contribution < -0.4 is 0 Å². The normalized spacial score (nSPS) is 18.0. The predicted octanol–water partition coefficient (Wildman–Crippen LogP) is -0.0554. The molecule has 0 amide bonds. The van der Waals surface area contributed by atoms with Crippen LogP contribution in [-0.2, 0) is 16.1 Å². The summed E-state index contributed by atoms with van der Waals surface area (Å²) < 4.78 is 6.76. The largest absolute Gasteiger partial charge is 0.481 e. The lowest BCUT2D eigenvalue weighted by molar-refractivity contribution is -0.156. The SMILES string of the molecule is O=C(O)C1(Cn2nnnc2-c2ccn[nH]2)CCOCC1. The van der Waals surface area contributed by atoms with Crippen molar-refractivity contribution in [1.82, 2.24) is 30.4 Å². The molecular weight excluding hydrogens is 264 g/mol. The number of aromatic nitrogens is 6. The number of aromatic amines is 1. The highest BCUT2D eigenvalue weighted by Gasteiger charge is 2.41. The van der Waals surface area contributed by atoms with E-state index in [4.69, 9.17) is 4.74 Å². The van der Waals surface area contributed by atoms with Crippen LogP contribution in [0.5, 0.6) is 0 Å². The maximum Gasteiger partial charge on any atom is 0.311 e. The Balaban J connectivity index is 1.90. The summed E-state index contributed by atoms with van der Waals surface area (Å²) in [6.07, 6.45) is 2.49. The molecule has 2 aromatic rings. The molecule has 20 heavy (non-hydrogen) atoms. The first-order valence-corrected chi connectivity index (χ1v) is 6.28. The molecule has 3 rings (SSSR count). The predicted molar refractivity (Wildman–Crippen MR) is 65.5 cm³/mol. The van der Waals surface area contributed by atoms with E-state index in [1.165, 1.54) is 4.68 Å². The third-order valence-electron chi connectivity index (χ3n) is 3.63. The van der Waals surface area contributed by atoms with Gasteiger partial charge in [0.05, 0.1) is 12.0 Å². The van der Waals surface area contributed by atoms with Gasteiger partial charge in [0, 0.05) is 19.4 Å². The average molecular weight is 278 g/mol. The van der Waals surface area contributed by atoms with Gasteiger partial charge in [0.15, 0.2) is 5.82 Å². The second-order valence-electron chi connectivity index (χ2n) is 4.83. The maximum absolute atomic E-state index is 11.6. The molecule has 1 fully saturated rings. The van der Waals surface area contributed by atoms with Crippen molar-refractivity contribution < 1.29 is 14.6 Å². The van der Waals surface area contributed by atoms with Crippen LogP contribution in [0.1, 0.15) is 12.8 Å². The second kappa shape index (κ2) is 5.00. The molecule has 2 aromatic heterocycles. The summed E-state index contributed by atoms with van der Waals surface area (Å²) in [6.45, 7) is 1.09. The smallest absolute Gasteiger partial charge is 0.311 e. The Hall–Kier alpha value is -2.29. The first-order valence-electron chi connectivity index (χ1n) is 6.28. The highest BCUT2D eigenvalue weighted by molar-refractivity contribution is 5.74. The maximum atomic E-state index is 11.6. The van der Waals surface area contributed by atoms with Crippen molar-refractivity contribution in [2.75, 3.05) is 13.2 Å². The van der Waals surface area contributed by atoms with Crippen molar-refractivity contribution >= 4 is 5.97 Å². The number of rotatable bonds is 4. The molecule has 9 heteroatoms. The van der Waals surface area contributed by atoms with Gasteiger partial charge >= 0.3 is 5.97 Å². The molecule has 0 saturated carbocycles. The molecule has 1 aliphatic heterocycles. The van der Waals surface area contributed by atoms with E-state index in [0.717, 1.165) is 0 Å². The van der Waals surface area contributed by atoms with Crippen LogP contribution in [0.15, 0.2) is 12.3 Å². The molecule has 0 aliphatic carbocycles. The summed E-state index contributed by atoms with van der Waals surface area (Å²) in [6, 6.07) is 1.74. The van der Waals surface area contributed by atoms with Gasteiger partial charge in [-0.25, -0.2) is 4.68 Å². The Morgan fingerprint density at radius 3 is 2.95 bits per heavy atom. The van der Waals surface area contributed by atoms with Gasteiger partial charge in [-0.1, -0.05) is 0 Å². The zero-order chi connectivity index (χ0) is 14.0. The molecule has 0 radical (unpaired) electrons. The molecule has 1 saturated heterocycles. The second-order valence-corrected chi connectivity index (χ2v) is 4.83. The molecule has 0 spiro atoms. The quantitative estimate of drug-likeness (QED) is 0.804. The fourth-order valence-electron chi connectivity index (χ4n) is 2.37. The number of tetrazole rings is 1. The minimum Gasteiger partial charge on any atom is -0.481 e. The fourth-order valence-corrected chi connectivity index (χ4v) is 2.37. The van der Waals surface area contributed by atoms with Crippen LogP contribution >= 0.6 is 0 Å². The van der Waals surface area contributed by atoms with Crippen molar-refractivity contribution in [3.63, 3.8) is 0 Å². The lowest BCUT2D eigenvalue weighted by Crippen LogP contribution is -2.41. The molecular formula is C11H14N6O3. The van der Waals surface area contributed by atoms with E-state index in [2.05, 4.69) is 25.7 Å². The molecule has 0 atom stereocenters. The van der Waals surface area contributed by atoms with Crippen LogP contribution in [0.2, 0.25) is 0 Å². The van der Waals surface area contributed by atoms with E-state index in [1.807, 2.05) is 0 Å². The molecule has 0 bridgehead atoms. The van der Waals surface area contributed by atoms with Crippen molar-refractivity contribution in [3.05, 3.63) is 12.3 Å². The van der Waals surface area contributed by atoms with E-state index in [-0.39, 0.29) is 6.54 Å². The van der Waals surface area contributed by atoms with E-state index in [1.54, 1.807) is 12.3 Å². The lowest BCUT2D eigenvalue weighted by atomic mass is 9.80. The Kier molecular flexibility index (Phi) is 3.18. The number of nitrogens with zero attached hydrogens (tertiary/aromatic N) is 5. The highest BCUT2D eigenvalue weighted by atomic mass is 16.5. The zero-order valence-electron chi connectivity index (χ0n) is 10.7. The van der Waals surface area contributed by atoms with Crippen LogP contribution in [0.25, 0.3) is 11.5 Å². The summed E-state index contributed by atoms with van der Waals surface area (Å²) >= 11 is 0. The van der Waals surface area contributed by atoms with Gasteiger partial charge in [0.2, 0.25) is 0 Å². The molecule has 106 valence electrons. The standard InChI is InChI=1S/C11H14N6O3/c18-10(19)11(2-5-20-6-3-11)7-17-9(14-15-16-17)8-1-4-12-13-8/h1,4H,2-3,5-7H2,(H,12,13)(H,18,19). The van der Waals surface area contributed by atoms with Crippen molar-refractivity contribution in [3.8, 4) is 11.5 Å². The van der Waals surface area contributed by atoms with Gasteiger partial charge < -0.3 is 9.84 Å². The van der Waals surface area contributed by atoms with Gasteiger partial charge in [-0.2, -0.15) is 5.10 Å². The monoisotopic (exact) mass is 278 g/mol. The van der Waals surface area contributed by atoms with E-state index >= 15 is 0 Å². The Labute approximate surface area is 113 Å². The third-order valence-corrected chi connectivity index (χ3v) is 3.63. The summed E-state index contributed by atoms with van der Waals surface area (Å²) in [4.78, 5) is 11.6. The Morgan fingerprint density at radius 1 is 1.50 bits per heavy atom. The van der Waals surface area contributed by atoms with Crippen LogP contribution in [-0.4, -0.2) is 54.7 Å². The van der Waals surface area contributed by atoms with Crippen LogP contribution in [0, 0.1) is 5.41 Å². The molecule has 0 unspecified atom stereocenters. The third kappa shape index (κ3) is 2.16. The minimum atomic E-state index is -0.887. The number of carboxylic acids is 1. The van der Waals surface area contributed by atoms with Gasteiger partial charge in [-0.05, 0) is 29.3 Å². The van der Waals surface area contributed by atoms with Crippen molar-refractivity contribution in [2.45, 2.75) is 19.4 Å². The van der Waals surface area contributed by atoms with E-state index in [0.29, 0.717) is 37.6 Å². The van der Waals surface area contributed by atoms with Gasteiger partial charge in [-0.15, -0.1) is 5.10 Å². The molecule has 1 aliphatic rings. The van der Waals surface area contributed by atoms with Gasteiger partial charge in [0.1, 0.15) is 5.69 Å². The summed E-state index contributed by atoms with van der Waals surface area (Å²) in [5.74, 6) is -0.360. The number of hydrogen-bond donors (Lipinski definition) is 2. The van der Waals surface area contributed by atoms with Crippen molar-refractivity contribution in [2.24, 2.45) is 5.41 Å². The Morgan fingerprint density at radius 2 is 2.30 bits per heavy atom. The fraction of sp³-hybridized carbons (Fsp3) is 0.545. The molecule has 2 N–H and O–H groups in total. The summed E-state index contributed by atoms with van der Waals surface area (Å²) in [5.41, 5.74) is -0.231.